The van der Waals surface area contributed by atoms with Gasteiger partial charge >= 0.3 is 6.02 Å². The summed E-state index contributed by atoms with van der Waals surface area (Å²) >= 11 is 0. The van der Waals surface area contributed by atoms with Gasteiger partial charge in [0.2, 0.25) is 6.35 Å². The van der Waals surface area contributed by atoms with Gasteiger partial charge in [0.1, 0.15) is 11.7 Å². The molecule has 0 saturated carbocycles. The molecule has 0 aromatic carbocycles. The maximum atomic E-state index is 5.73. The fourth-order valence-corrected chi connectivity index (χ4v) is 1.78. The van der Waals surface area contributed by atoms with Gasteiger partial charge in [-0.05, 0) is 12.8 Å². The summed E-state index contributed by atoms with van der Waals surface area (Å²) in [7, 11) is 9.12. The zero-order valence-electron chi connectivity index (χ0n) is 17.2. The van der Waals surface area contributed by atoms with Gasteiger partial charge in [0.15, 0.2) is 6.73 Å². The average molecular weight is 374 g/mol. The molecular formula is C16H35N7O3. The number of amidine groups is 3. The van der Waals surface area contributed by atoms with Crippen molar-refractivity contribution in [3.8, 4) is 0 Å². The molecule has 0 saturated heterocycles. The topological polar surface area (TPSA) is 109 Å². The molecule has 0 amide bonds. The van der Waals surface area contributed by atoms with Gasteiger partial charge in [0.25, 0.3) is 0 Å². The third-order valence-corrected chi connectivity index (χ3v) is 3.18. The Kier molecular flexibility index (Phi) is 13.0. The number of nitrogens with one attached hydrogen (secondary N) is 1. The van der Waals surface area contributed by atoms with Gasteiger partial charge < -0.3 is 29.9 Å². The van der Waals surface area contributed by atoms with Crippen LogP contribution in [0.25, 0.3) is 0 Å². The van der Waals surface area contributed by atoms with Crippen LogP contribution in [0.4, 0.5) is 0 Å². The van der Waals surface area contributed by atoms with Crippen molar-refractivity contribution in [1.29, 1.82) is 0 Å². The molecule has 26 heavy (non-hydrogen) atoms. The Morgan fingerprint density at radius 3 is 2.00 bits per heavy atom. The van der Waals surface area contributed by atoms with Gasteiger partial charge in [-0.3, -0.25) is 0 Å². The van der Waals surface area contributed by atoms with E-state index >= 15 is 0 Å². The lowest BCUT2D eigenvalue weighted by Crippen LogP contribution is -2.33. The average Bonchev–Trinajstić information content (AvgIpc) is 2.59. The predicted octanol–water partition coefficient (Wildman–Crippen LogP) is 1.16. The summed E-state index contributed by atoms with van der Waals surface area (Å²) < 4.78 is 5.17. The molecular weight excluding hydrogens is 338 g/mol. The van der Waals surface area contributed by atoms with Crippen molar-refractivity contribution in [2.45, 2.75) is 45.9 Å². The van der Waals surface area contributed by atoms with Crippen LogP contribution in [0.1, 0.15) is 39.5 Å². The second-order valence-electron chi connectivity index (χ2n) is 5.93. The summed E-state index contributed by atoms with van der Waals surface area (Å²) in [5.41, 5.74) is 5.73. The van der Waals surface area contributed by atoms with Crippen molar-refractivity contribution < 1.29 is 14.4 Å². The number of nitrogens with two attached hydrogens (primary N) is 1. The quantitative estimate of drug-likeness (QED) is 0.184. The summed E-state index contributed by atoms with van der Waals surface area (Å²) in [5, 5.41) is 11.0. The highest BCUT2D eigenvalue weighted by molar-refractivity contribution is 5.82. The fraction of sp³-hybridized carbons (Fsp3) is 0.812. The molecule has 3 N–H and O–H groups in total. The van der Waals surface area contributed by atoms with E-state index in [1.165, 1.54) is 7.11 Å². The molecule has 0 heterocycles. The van der Waals surface area contributed by atoms with Gasteiger partial charge in [-0.1, -0.05) is 24.2 Å². The number of hydrogen-bond acceptors (Lipinski definition) is 7. The van der Waals surface area contributed by atoms with Crippen molar-refractivity contribution in [3.05, 3.63) is 0 Å². The van der Waals surface area contributed by atoms with Crippen LogP contribution in [0.2, 0.25) is 0 Å². The van der Waals surface area contributed by atoms with E-state index in [1.54, 1.807) is 0 Å². The van der Waals surface area contributed by atoms with Gasteiger partial charge in [-0.25, -0.2) is 5.32 Å². The van der Waals surface area contributed by atoms with E-state index in [2.05, 4.69) is 34.5 Å². The van der Waals surface area contributed by atoms with Crippen LogP contribution in [0, 0.1) is 0 Å². The fourth-order valence-electron chi connectivity index (χ4n) is 1.78. The Morgan fingerprint density at radius 2 is 1.54 bits per heavy atom. The van der Waals surface area contributed by atoms with Gasteiger partial charge in [0, 0.05) is 48.1 Å². The minimum absolute atomic E-state index is 0.108. The number of aliphatic imine (C=N–C) groups is 1. The van der Waals surface area contributed by atoms with Crippen LogP contribution in [0.5, 0.6) is 0 Å². The molecule has 0 aromatic rings. The first-order valence-corrected chi connectivity index (χ1v) is 8.72. The molecule has 0 aliphatic carbocycles. The SMILES string of the molecule is CCCC(=NOCNC(N=C(N)ON=C(CCC)N(C)C)OC)N(C)C. The lowest BCUT2D eigenvalue weighted by atomic mass is 10.3. The van der Waals surface area contributed by atoms with Gasteiger partial charge in [0.05, 0.1) is 0 Å². The standard InChI is InChI=1S/C16H35N7O3/c1-8-10-13(22(3)4)20-25-12-18-16(24-7)19-15(17)26-21-14(11-9-2)23(5)6/h16,18H,8-12H2,1-7H3,(H2,17,19). The van der Waals surface area contributed by atoms with E-state index in [4.69, 9.17) is 20.1 Å². The normalized spacial score (nSPS) is 14.2. The first kappa shape index (κ1) is 23.9. The Morgan fingerprint density at radius 1 is 1.00 bits per heavy atom. The van der Waals surface area contributed by atoms with Crippen LogP contribution in [0.3, 0.4) is 0 Å². The number of hydrogen-bond donors (Lipinski definition) is 2. The summed E-state index contributed by atoms with van der Waals surface area (Å²) in [6.45, 7) is 4.25. The second-order valence-corrected chi connectivity index (χ2v) is 5.93. The van der Waals surface area contributed by atoms with Gasteiger partial charge in [-0.2, -0.15) is 4.99 Å². The molecule has 0 spiro atoms. The summed E-state index contributed by atoms with van der Waals surface area (Å²) in [5.74, 6) is 1.63. The monoisotopic (exact) mass is 373 g/mol. The summed E-state index contributed by atoms with van der Waals surface area (Å²) in [6.07, 6.45) is 2.82. The third kappa shape index (κ3) is 10.7. The highest BCUT2D eigenvalue weighted by Crippen LogP contribution is 1.98. The van der Waals surface area contributed by atoms with Crippen LogP contribution in [-0.2, 0) is 14.4 Å². The zero-order chi connectivity index (χ0) is 19.9. The molecule has 0 aromatic heterocycles. The number of rotatable bonds is 11. The minimum Gasteiger partial charge on any atom is -0.378 e. The Labute approximate surface area is 157 Å². The molecule has 1 atom stereocenters. The molecule has 0 rings (SSSR count). The number of ether oxygens (including phenoxy) is 1. The van der Waals surface area contributed by atoms with Crippen LogP contribution >= 0.6 is 0 Å². The zero-order valence-corrected chi connectivity index (χ0v) is 17.2. The molecule has 0 bridgehead atoms. The number of oxime groups is 2. The van der Waals surface area contributed by atoms with Crippen molar-refractivity contribution in [1.82, 2.24) is 15.1 Å². The molecule has 0 aliphatic heterocycles. The van der Waals surface area contributed by atoms with Crippen LogP contribution in [-0.4, -0.2) is 75.9 Å². The maximum Gasteiger partial charge on any atom is 0.316 e. The third-order valence-electron chi connectivity index (χ3n) is 3.18. The van der Waals surface area contributed by atoms with E-state index in [9.17, 15) is 0 Å². The molecule has 1 unspecified atom stereocenters. The largest absolute Gasteiger partial charge is 0.378 e. The van der Waals surface area contributed by atoms with Crippen LogP contribution in [0.15, 0.2) is 15.3 Å². The molecule has 152 valence electrons. The summed E-state index contributed by atoms with van der Waals surface area (Å²) in [4.78, 5) is 18.2. The van der Waals surface area contributed by atoms with E-state index < -0.39 is 6.35 Å². The van der Waals surface area contributed by atoms with Crippen molar-refractivity contribution in [2.24, 2.45) is 21.0 Å². The van der Waals surface area contributed by atoms with E-state index in [1.807, 2.05) is 38.0 Å². The molecule has 0 aliphatic rings. The highest BCUT2D eigenvalue weighted by Gasteiger charge is 2.08. The predicted molar refractivity (Wildman–Crippen MR) is 105 cm³/mol. The van der Waals surface area contributed by atoms with E-state index in [0.29, 0.717) is 0 Å². The Bertz CT molecular complexity index is 465. The molecule has 0 radical (unpaired) electrons. The molecule has 0 fully saturated rings. The van der Waals surface area contributed by atoms with Crippen molar-refractivity contribution in [2.75, 3.05) is 42.0 Å². The highest BCUT2D eigenvalue weighted by atomic mass is 16.7. The number of methoxy groups -OCH3 is 1. The lowest BCUT2D eigenvalue weighted by molar-refractivity contribution is 0.0281. The van der Waals surface area contributed by atoms with Crippen molar-refractivity contribution in [3.63, 3.8) is 0 Å². The van der Waals surface area contributed by atoms with E-state index in [0.717, 1.165) is 37.4 Å². The van der Waals surface area contributed by atoms with Crippen LogP contribution < -0.4 is 11.1 Å². The van der Waals surface area contributed by atoms with Crippen molar-refractivity contribution >= 4 is 17.7 Å². The Balaban J connectivity index is 4.57. The van der Waals surface area contributed by atoms with Gasteiger partial charge in [-0.15, -0.1) is 0 Å². The smallest absolute Gasteiger partial charge is 0.316 e. The summed E-state index contributed by atoms with van der Waals surface area (Å²) in [6, 6.07) is -0.108. The molecule has 10 heteroatoms. The molecule has 10 nitrogen and oxygen atoms in total. The first-order chi connectivity index (χ1) is 12.3. The first-order valence-electron chi connectivity index (χ1n) is 8.72. The Hall–Kier alpha value is -2.07. The minimum atomic E-state index is -0.733. The lowest BCUT2D eigenvalue weighted by Gasteiger charge is -2.16. The maximum absolute atomic E-state index is 5.73. The van der Waals surface area contributed by atoms with E-state index in [-0.39, 0.29) is 12.8 Å². The second kappa shape index (κ2) is 14.1. The number of nitrogens with zero attached hydrogens (tertiary/aromatic N) is 5.